The number of hydrogen-bond donors (Lipinski definition) is 1. The van der Waals surface area contributed by atoms with Crippen molar-refractivity contribution in [1.29, 1.82) is 0 Å². The second kappa shape index (κ2) is 5.98. The summed E-state index contributed by atoms with van der Waals surface area (Å²) in [5, 5.41) is 9.10. The average molecular weight is 239 g/mol. The molecule has 1 saturated heterocycles. The summed E-state index contributed by atoms with van der Waals surface area (Å²) in [6, 6.07) is 4.60. The number of likely N-dealkylation sites (tertiary alicyclic amines) is 1. The topological polar surface area (TPSA) is 32.7 Å². The van der Waals surface area contributed by atoms with Crippen molar-refractivity contribution in [2.75, 3.05) is 26.2 Å². The van der Waals surface area contributed by atoms with Crippen molar-refractivity contribution < 1.29 is 14.2 Å². The lowest BCUT2D eigenvalue weighted by Crippen LogP contribution is -2.25. The van der Waals surface area contributed by atoms with Gasteiger partial charge in [-0.3, -0.25) is 4.90 Å². The van der Waals surface area contributed by atoms with Gasteiger partial charge >= 0.3 is 0 Å². The van der Waals surface area contributed by atoms with Crippen molar-refractivity contribution in [2.45, 2.75) is 19.4 Å². The quantitative estimate of drug-likeness (QED) is 0.850. The third kappa shape index (κ3) is 3.17. The molecule has 1 heterocycles. The number of rotatable bonds is 5. The van der Waals surface area contributed by atoms with E-state index in [2.05, 4.69) is 4.90 Å². The lowest BCUT2D eigenvalue weighted by molar-refractivity contribution is 0.220. The number of nitrogens with zero attached hydrogens (tertiary/aromatic N) is 1. The van der Waals surface area contributed by atoms with Gasteiger partial charge in [0.1, 0.15) is 6.61 Å². The third-order valence-electron chi connectivity index (χ3n) is 3.07. The molecule has 2 rings (SSSR count). The van der Waals surface area contributed by atoms with Crippen LogP contribution >= 0.6 is 0 Å². The molecule has 1 fully saturated rings. The molecular formula is C13H18FNO2. The maximum Gasteiger partial charge on any atom is 0.165 e. The highest BCUT2D eigenvalue weighted by molar-refractivity contribution is 5.34. The maximum absolute atomic E-state index is 13.5. The highest BCUT2D eigenvalue weighted by Gasteiger charge is 2.13. The molecule has 4 heteroatoms. The fraction of sp³-hybridized carbons (Fsp3) is 0.538. The van der Waals surface area contributed by atoms with Crippen LogP contribution in [0.3, 0.4) is 0 Å². The van der Waals surface area contributed by atoms with Crippen LogP contribution < -0.4 is 4.74 Å². The van der Waals surface area contributed by atoms with E-state index in [1.165, 1.54) is 18.9 Å². The average Bonchev–Trinajstić information content (AvgIpc) is 2.84. The van der Waals surface area contributed by atoms with Crippen LogP contribution in [0.25, 0.3) is 0 Å². The van der Waals surface area contributed by atoms with Gasteiger partial charge in [-0.05, 0) is 32.0 Å². The molecule has 0 atom stereocenters. The summed E-state index contributed by atoms with van der Waals surface area (Å²) < 4.78 is 18.9. The molecule has 17 heavy (non-hydrogen) atoms. The van der Waals surface area contributed by atoms with Crippen LogP contribution in [-0.2, 0) is 6.61 Å². The second-order valence-electron chi connectivity index (χ2n) is 4.28. The maximum atomic E-state index is 13.5. The van der Waals surface area contributed by atoms with Crippen molar-refractivity contribution in [3.05, 3.63) is 29.6 Å². The van der Waals surface area contributed by atoms with Gasteiger partial charge in [-0.1, -0.05) is 12.1 Å². The molecule has 1 aromatic rings. The number of ether oxygens (including phenoxy) is 1. The monoisotopic (exact) mass is 239 g/mol. The Kier molecular flexibility index (Phi) is 4.34. The highest BCUT2D eigenvalue weighted by atomic mass is 19.1. The van der Waals surface area contributed by atoms with Gasteiger partial charge in [0, 0.05) is 12.1 Å². The van der Waals surface area contributed by atoms with Crippen molar-refractivity contribution in [1.82, 2.24) is 4.90 Å². The number of aliphatic hydroxyl groups excluding tert-OH is 1. The summed E-state index contributed by atoms with van der Waals surface area (Å²) in [7, 11) is 0. The van der Waals surface area contributed by atoms with Crippen molar-refractivity contribution in [3.8, 4) is 5.75 Å². The molecule has 1 N–H and O–H groups in total. The van der Waals surface area contributed by atoms with E-state index in [0.29, 0.717) is 12.2 Å². The number of halogens is 1. The van der Waals surface area contributed by atoms with E-state index in [-0.39, 0.29) is 12.4 Å². The van der Waals surface area contributed by atoms with E-state index < -0.39 is 5.82 Å². The summed E-state index contributed by atoms with van der Waals surface area (Å²) >= 11 is 0. The summed E-state index contributed by atoms with van der Waals surface area (Å²) in [5.74, 6) is -0.216. The molecular weight excluding hydrogens is 221 g/mol. The fourth-order valence-corrected chi connectivity index (χ4v) is 2.12. The van der Waals surface area contributed by atoms with Crippen LogP contribution in [-0.4, -0.2) is 36.2 Å². The van der Waals surface area contributed by atoms with Gasteiger partial charge in [0.15, 0.2) is 11.6 Å². The largest absolute Gasteiger partial charge is 0.489 e. The predicted octanol–water partition coefficient (Wildman–Crippen LogP) is 1.79. The van der Waals surface area contributed by atoms with Crippen LogP contribution in [0.1, 0.15) is 18.4 Å². The lowest BCUT2D eigenvalue weighted by atomic mass is 10.2. The van der Waals surface area contributed by atoms with Crippen LogP contribution in [0.2, 0.25) is 0 Å². The first kappa shape index (κ1) is 12.3. The smallest absolute Gasteiger partial charge is 0.165 e. The molecule has 0 aromatic heterocycles. The van der Waals surface area contributed by atoms with Gasteiger partial charge < -0.3 is 9.84 Å². The zero-order valence-electron chi connectivity index (χ0n) is 9.86. The van der Waals surface area contributed by atoms with Gasteiger partial charge in [-0.25, -0.2) is 4.39 Å². The van der Waals surface area contributed by atoms with Crippen molar-refractivity contribution in [3.63, 3.8) is 0 Å². The Bertz CT molecular complexity index is 364. The summed E-state index contributed by atoms with van der Waals surface area (Å²) in [4.78, 5) is 2.31. The minimum absolute atomic E-state index is 0.189. The molecule has 1 aliphatic rings. The summed E-state index contributed by atoms with van der Waals surface area (Å²) in [6.45, 7) is 3.30. The van der Waals surface area contributed by atoms with Gasteiger partial charge in [-0.2, -0.15) is 0 Å². The Morgan fingerprint density at radius 2 is 2.06 bits per heavy atom. The van der Waals surface area contributed by atoms with E-state index in [1.54, 1.807) is 12.1 Å². The van der Waals surface area contributed by atoms with E-state index in [9.17, 15) is 4.39 Å². The van der Waals surface area contributed by atoms with Crippen LogP contribution in [0.4, 0.5) is 4.39 Å². The van der Waals surface area contributed by atoms with Gasteiger partial charge in [0.2, 0.25) is 0 Å². The molecule has 0 aliphatic carbocycles. The molecule has 0 spiro atoms. The molecule has 0 bridgehead atoms. The Morgan fingerprint density at radius 3 is 2.76 bits per heavy atom. The third-order valence-corrected chi connectivity index (χ3v) is 3.07. The molecule has 94 valence electrons. The zero-order valence-corrected chi connectivity index (χ0v) is 9.86. The Morgan fingerprint density at radius 1 is 1.29 bits per heavy atom. The number of para-hydroxylation sites is 1. The van der Waals surface area contributed by atoms with Crippen LogP contribution in [0.5, 0.6) is 5.75 Å². The first-order valence-corrected chi connectivity index (χ1v) is 6.04. The number of benzene rings is 1. The molecule has 0 amide bonds. The standard InChI is InChI=1S/C13H18FNO2/c14-12-5-3-4-11(10-16)13(12)17-9-8-15-6-1-2-7-15/h3-5,16H,1-2,6-10H2. The Balaban J connectivity index is 1.89. The van der Waals surface area contributed by atoms with E-state index in [0.717, 1.165) is 19.6 Å². The Hall–Kier alpha value is -1.13. The molecule has 0 unspecified atom stereocenters. The molecule has 0 radical (unpaired) electrons. The normalized spacial score (nSPS) is 16.4. The first-order chi connectivity index (χ1) is 8.31. The van der Waals surface area contributed by atoms with Gasteiger partial charge in [-0.15, -0.1) is 0 Å². The second-order valence-corrected chi connectivity index (χ2v) is 4.28. The summed E-state index contributed by atoms with van der Waals surface area (Å²) in [6.07, 6.45) is 2.48. The van der Waals surface area contributed by atoms with Crippen molar-refractivity contribution in [2.24, 2.45) is 0 Å². The number of hydrogen-bond acceptors (Lipinski definition) is 3. The molecule has 3 nitrogen and oxygen atoms in total. The van der Waals surface area contributed by atoms with E-state index >= 15 is 0 Å². The highest BCUT2D eigenvalue weighted by Crippen LogP contribution is 2.22. The van der Waals surface area contributed by atoms with Crippen LogP contribution in [0, 0.1) is 5.82 Å². The fourth-order valence-electron chi connectivity index (χ4n) is 2.12. The van der Waals surface area contributed by atoms with Crippen LogP contribution in [0.15, 0.2) is 18.2 Å². The van der Waals surface area contributed by atoms with E-state index in [1.807, 2.05) is 0 Å². The Labute approximate surface area is 101 Å². The van der Waals surface area contributed by atoms with Crippen molar-refractivity contribution >= 4 is 0 Å². The number of aliphatic hydroxyl groups is 1. The van der Waals surface area contributed by atoms with Gasteiger partial charge in [0.25, 0.3) is 0 Å². The first-order valence-electron chi connectivity index (χ1n) is 6.04. The zero-order chi connectivity index (χ0) is 12.1. The molecule has 0 saturated carbocycles. The van der Waals surface area contributed by atoms with Gasteiger partial charge in [0.05, 0.1) is 6.61 Å². The summed E-state index contributed by atoms with van der Waals surface area (Å²) in [5.41, 5.74) is 0.506. The van der Waals surface area contributed by atoms with E-state index in [4.69, 9.17) is 9.84 Å². The predicted molar refractivity (Wildman–Crippen MR) is 63.5 cm³/mol. The minimum atomic E-state index is -0.405. The molecule has 1 aromatic carbocycles. The SMILES string of the molecule is OCc1cccc(F)c1OCCN1CCCC1. The lowest BCUT2D eigenvalue weighted by Gasteiger charge is -2.16. The molecule has 1 aliphatic heterocycles. The minimum Gasteiger partial charge on any atom is -0.489 e.